The minimum atomic E-state index is -4.37. The summed E-state index contributed by atoms with van der Waals surface area (Å²) in [6, 6.07) is 5.27. The minimum absolute atomic E-state index is 0.0407. The molecular formula is C26H30F3NO2. The highest BCUT2D eigenvalue weighted by Gasteiger charge is 2.47. The van der Waals surface area contributed by atoms with Crippen LogP contribution in [0.25, 0.3) is 0 Å². The molecule has 1 fully saturated rings. The molecule has 0 saturated heterocycles. The van der Waals surface area contributed by atoms with Crippen LogP contribution >= 0.6 is 0 Å². The van der Waals surface area contributed by atoms with Gasteiger partial charge in [-0.25, -0.2) is 0 Å². The first-order chi connectivity index (χ1) is 14.9. The molecule has 3 aliphatic rings. The van der Waals surface area contributed by atoms with Crippen molar-refractivity contribution in [3.8, 4) is 0 Å². The Morgan fingerprint density at radius 3 is 2.22 bits per heavy atom. The molecule has 0 radical (unpaired) electrons. The summed E-state index contributed by atoms with van der Waals surface area (Å²) in [7, 11) is 0. The van der Waals surface area contributed by atoms with E-state index in [1.807, 2.05) is 13.8 Å². The van der Waals surface area contributed by atoms with Gasteiger partial charge in [-0.05, 0) is 74.1 Å². The van der Waals surface area contributed by atoms with Crippen molar-refractivity contribution in [1.29, 1.82) is 0 Å². The average Bonchev–Trinajstić information content (AvgIpc) is 2.89. The molecule has 6 heteroatoms. The van der Waals surface area contributed by atoms with Gasteiger partial charge in [0.25, 0.3) is 0 Å². The van der Waals surface area contributed by atoms with Crippen molar-refractivity contribution in [2.24, 2.45) is 5.41 Å². The number of alkyl halides is 3. The molecule has 0 amide bonds. The van der Waals surface area contributed by atoms with Gasteiger partial charge in [0.05, 0.1) is 17.4 Å². The summed E-state index contributed by atoms with van der Waals surface area (Å²) in [4.78, 5) is 5.06. The van der Waals surface area contributed by atoms with Gasteiger partial charge in [0.15, 0.2) is 0 Å². The van der Waals surface area contributed by atoms with E-state index in [1.54, 1.807) is 0 Å². The smallest absolute Gasteiger partial charge is 0.388 e. The third kappa shape index (κ3) is 3.47. The van der Waals surface area contributed by atoms with Gasteiger partial charge in [-0.15, -0.1) is 0 Å². The molecule has 5 rings (SSSR count). The third-order valence-electron chi connectivity index (χ3n) is 7.42. The quantitative estimate of drug-likeness (QED) is 0.557. The van der Waals surface area contributed by atoms with Crippen molar-refractivity contribution in [3.05, 3.63) is 63.5 Å². The van der Waals surface area contributed by atoms with E-state index in [0.29, 0.717) is 17.9 Å². The van der Waals surface area contributed by atoms with Crippen LogP contribution in [0.2, 0.25) is 0 Å². The number of aromatic nitrogens is 1. The fraction of sp³-hybridized carbons (Fsp3) is 0.577. The molecule has 1 saturated carbocycles. The van der Waals surface area contributed by atoms with Crippen LogP contribution in [0, 0.1) is 5.41 Å². The van der Waals surface area contributed by atoms with Gasteiger partial charge in [-0.3, -0.25) is 4.98 Å². The van der Waals surface area contributed by atoms with Crippen molar-refractivity contribution in [1.82, 2.24) is 4.98 Å². The van der Waals surface area contributed by atoms with Crippen LogP contribution in [0.4, 0.5) is 13.2 Å². The molecule has 2 aromatic rings. The number of nitrogens with zero attached hydrogens (tertiary/aromatic N) is 1. The fourth-order valence-corrected chi connectivity index (χ4v) is 5.69. The molecule has 2 aliphatic carbocycles. The lowest BCUT2D eigenvalue weighted by atomic mass is 9.68. The second kappa shape index (κ2) is 7.04. The molecular weight excluding hydrogens is 415 g/mol. The van der Waals surface area contributed by atoms with Crippen LogP contribution in [-0.2, 0) is 22.9 Å². The Morgan fingerprint density at radius 2 is 1.66 bits per heavy atom. The van der Waals surface area contributed by atoms with Gasteiger partial charge < -0.3 is 9.84 Å². The lowest BCUT2D eigenvalue weighted by Gasteiger charge is -2.39. The maximum Gasteiger partial charge on any atom is 0.416 e. The van der Waals surface area contributed by atoms with E-state index < -0.39 is 29.5 Å². The maximum absolute atomic E-state index is 13.1. The van der Waals surface area contributed by atoms with Crippen molar-refractivity contribution in [2.75, 3.05) is 0 Å². The normalized spacial score (nSPS) is 26.4. The Bertz CT molecular complexity index is 1050. The lowest BCUT2D eigenvalue weighted by molar-refractivity contribution is -0.137. The van der Waals surface area contributed by atoms with Gasteiger partial charge >= 0.3 is 6.18 Å². The Kier molecular flexibility index (Phi) is 4.82. The number of halogens is 3. The number of hydrogen-bond acceptors (Lipinski definition) is 3. The highest BCUT2D eigenvalue weighted by molar-refractivity contribution is 5.53. The first kappa shape index (κ1) is 21.9. The summed E-state index contributed by atoms with van der Waals surface area (Å²) in [6.07, 6.45) is -0.716. The Morgan fingerprint density at radius 1 is 1.00 bits per heavy atom. The lowest BCUT2D eigenvalue weighted by Crippen LogP contribution is -2.31. The summed E-state index contributed by atoms with van der Waals surface area (Å²) < 4.78 is 45.8. The van der Waals surface area contributed by atoms with Gasteiger partial charge in [-0.1, -0.05) is 32.4 Å². The van der Waals surface area contributed by atoms with Crippen molar-refractivity contribution in [2.45, 2.75) is 89.7 Å². The first-order valence-electron chi connectivity index (χ1n) is 11.5. The second-order valence-corrected chi connectivity index (χ2v) is 11.0. The standard InChI is InChI=1S/C26H30F3NO2/c1-24(2)12-17-20(18(31)13-24)19(14-6-5-7-14)21-22(32-25(3,4)23(21)30-17)15-8-10-16(11-9-15)26(27,28)29/h8-11,14,18,22,31H,5-7,12-13H2,1-4H3/t18-,22+/m0/s1. The zero-order valence-corrected chi connectivity index (χ0v) is 19.0. The first-order valence-corrected chi connectivity index (χ1v) is 11.5. The van der Waals surface area contributed by atoms with Crippen LogP contribution in [0.3, 0.4) is 0 Å². The van der Waals surface area contributed by atoms with E-state index in [4.69, 9.17) is 9.72 Å². The number of aliphatic hydroxyl groups excluding tert-OH is 1. The van der Waals surface area contributed by atoms with Gasteiger partial charge in [0.1, 0.15) is 11.7 Å². The van der Waals surface area contributed by atoms with Crippen LogP contribution in [0.1, 0.15) is 111 Å². The topological polar surface area (TPSA) is 42.4 Å². The number of fused-ring (bicyclic) bond motifs is 2. The molecule has 1 aromatic heterocycles. The molecule has 1 aromatic carbocycles. The number of aliphatic hydroxyl groups is 1. The molecule has 0 spiro atoms. The van der Waals surface area contributed by atoms with Crippen molar-refractivity contribution in [3.63, 3.8) is 0 Å². The van der Waals surface area contributed by atoms with Crippen molar-refractivity contribution < 1.29 is 23.0 Å². The average molecular weight is 446 g/mol. The molecule has 1 aliphatic heterocycles. The summed E-state index contributed by atoms with van der Waals surface area (Å²) >= 11 is 0. The van der Waals surface area contributed by atoms with Gasteiger partial charge in [0.2, 0.25) is 0 Å². The molecule has 2 heterocycles. The van der Waals surface area contributed by atoms with Crippen LogP contribution in [0.15, 0.2) is 24.3 Å². The summed E-state index contributed by atoms with van der Waals surface area (Å²) in [5, 5.41) is 11.2. The summed E-state index contributed by atoms with van der Waals surface area (Å²) in [6.45, 7) is 8.27. The minimum Gasteiger partial charge on any atom is -0.388 e. The number of rotatable bonds is 2. The SMILES string of the molecule is CC1(C)Cc2nc3c(c(C4CCC4)c2[C@@H](O)C1)[C@@H](c1ccc(C(F)(F)F)cc1)OC3(C)C. The van der Waals surface area contributed by atoms with Crippen LogP contribution in [0.5, 0.6) is 0 Å². The molecule has 0 bridgehead atoms. The Labute approximate surface area is 187 Å². The van der Waals surface area contributed by atoms with Crippen molar-refractivity contribution >= 4 is 0 Å². The van der Waals surface area contributed by atoms with E-state index in [1.165, 1.54) is 12.1 Å². The van der Waals surface area contributed by atoms with Gasteiger partial charge in [-0.2, -0.15) is 13.2 Å². The van der Waals surface area contributed by atoms with E-state index in [9.17, 15) is 18.3 Å². The van der Waals surface area contributed by atoms with E-state index in [2.05, 4.69) is 13.8 Å². The zero-order valence-electron chi connectivity index (χ0n) is 19.0. The number of ether oxygens (including phenoxy) is 1. The molecule has 172 valence electrons. The zero-order chi connectivity index (χ0) is 23.1. The van der Waals surface area contributed by atoms with E-state index >= 15 is 0 Å². The fourth-order valence-electron chi connectivity index (χ4n) is 5.69. The maximum atomic E-state index is 13.1. The van der Waals surface area contributed by atoms with E-state index in [-0.39, 0.29) is 5.41 Å². The molecule has 2 atom stereocenters. The third-order valence-corrected chi connectivity index (χ3v) is 7.42. The number of pyridine rings is 1. The molecule has 32 heavy (non-hydrogen) atoms. The van der Waals surface area contributed by atoms with Gasteiger partial charge in [0, 0.05) is 16.8 Å². The summed E-state index contributed by atoms with van der Waals surface area (Å²) in [5.41, 5.74) is 4.21. The van der Waals surface area contributed by atoms with Crippen LogP contribution < -0.4 is 0 Å². The van der Waals surface area contributed by atoms with Crippen LogP contribution in [-0.4, -0.2) is 10.1 Å². The van der Waals surface area contributed by atoms with E-state index in [0.717, 1.165) is 65.9 Å². The predicted molar refractivity (Wildman–Crippen MR) is 115 cm³/mol. The largest absolute Gasteiger partial charge is 0.416 e. The predicted octanol–water partition coefficient (Wildman–Crippen LogP) is 6.73. The molecule has 1 N–H and O–H groups in total. The second-order valence-electron chi connectivity index (χ2n) is 11.0. The highest BCUT2D eigenvalue weighted by atomic mass is 19.4. The number of benzene rings is 1. The molecule has 3 nitrogen and oxygen atoms in total. The number of hydrogen-bond donors (Lipinski definition) is 1. The Balaban J connectivity index is 1.70. The monoisotopic (exact) mass is 445 g/mol. The highest BCUT2D eigenvalue weighted by Crippen LogP contribution is 2.55. The Hall–Kier alpha value is -1.92. The molecule has 0 unspecified atom stereocenters. The summed E-state index contributed by atoms with van der Waals surface area (Å²) in [5.74, 6) is 0.339.